The lowest BCUT2D eigenvalue weighted by Crippen LogP contribution is -2.24. The van der Waals surface area contributed by atoms with E-state index in [0.717, 1.165) is 41.7 Å². The Labute approximate surface area is 161 Å². The summed E-state index contributed by atoms with van der Waals surface area (Å²) < 4.78 is 23.9. The second-order valence-corrected chi connectivity index (χ2v) is 8.62. The van der Waals surface area contributed by atoms with E-state index in [2.05, 4.69) is 17.2 Å². The Morgan fingerprint density at radius 2 is 1.56 bits per heavy atom. The van der Waals surface area contributed by atoms with Crippen LogP contribution in [0.3, 0.4) is 0 Å². The summed E-state index contributed by atoms with van der Waals surface area (Å²) in [5.41, 5.74) is 3.85. The fraction of sp³-hybridized carbons (Fsp3) is 0.273. The molecule has 0 radical (unpaired) electrons. The van der Waals surface area contributed by atoms with E-state index in [1.807, 2.05) is 60.7 Å². The highest BCUT2D eigenvalue weighted by Crippen LogP contribution is 2.56. The van der Waals surface area contributed by atoms with Gasteiger partial charge in [-0.25, -0.2) is 0 Å². The Kier molecular flexibility index (Phi) is 6.53. The molecule has 3 rings (SSSR count). The maximum atomic E-state index is 13.3. The monoisotopic (exact) mass is 381 g/mol. The summed E-state index contributed by atoms with van der Waals surface area (Å²) >= 11 is 0. The highest BCUT2D eigenvalue weighted by atomic mass is 31.2. The van der Waals surface area contributed by atoms with Crippen molar-refractivity contribution in [1.82, 2.24) is 0 Å². The number of para-hydroxylation sites is 1. The van der Waals surface area contributed by atoms with Crippen LogP contribution in [0.25, 0.3) is 0 Å². The molecular formula is C22H24NO3P. The van der Waals surface area contributed by atoms with E-state index in [0.29, 0.717) is 0 Å². The predicted molar refractivity (Wildman–Crippen MR) is 110 cm³/mol. The Balaban J connectivity index is 1.99. The number of benzene rings is 2. The van der Waals surface area contributed by atoms with E-state index in [9.17, 15) is 4.57 Å². The smallest absolute Gasteiger partial charge is 0.356 e. The molecule has 0 saturated heterocycles. The molecule has 1 N–H and O–H groups in total. The van der Waals surface area contributed by atoms with Crippen molar-refractivity contribution in [3.63, 3.8) is 0 Å². The van der Waals surface area contributed by atoms with Gasteiger partial charge in [-0.3, -0.25) is 4.57 Å². The number of anilines is 1. The van der Waals surface area contributed by atoms with Gasteiger partial charge in [0.1, 0.15) is 0 Å². The Morgan fingerprint density at radius 1 is 0.926 bits per heavy atom. The van der Waals surface area contributed by atoms with Gasteiger partial charge in [0, 0.05) is 31.0 Å². The molecule has 0 bridgehead atoms. The van der Waals surface area contributed by atoms with Crippen LogP contribution in [0.4, 0.5) is 5.69 Å². The normalized spacial score (nSPS) is 15.2. The van der Waals surface area contributed by atoms with Crippen LogP contribution in [-0.2, 0) is 13.6 Å². The number of allylic oxidation sites excluding steroid dienone is 1. The summed E-state index contributed by atoms with van der Waals surface area (Å²) in [6, 6.07) is 19.6. The van der Waals surface area contributed by atoms with Gasteiger partial charge in [-0.15, -0.1) is 0 Å². The lowest BCUT2D eigenvalue weighted by molar-refractivity contribution is 0.271. The van der Waals surface area contributed by atoms with Gasteiger partial charge in [0.05, 0.1) is 0 Å². The lowest BCUT2D eigenvalue weighted by atomic mass is 10.1. The molecule has 140 valence electrons. The van der Waals surface area contributed by atoms with Gasteiger partial charge in [0.2, 0.25) is 0 Å². The van der Waals surface area contributed by atoms with Crippen LogP contribution in [0.5, 0.6) is 0 Å². The molecular weight excluding hydrogens is 357 g/mol. The minimum Gasteiger partial charge on any atom is -0.368 e. The van der Waals surface area contributed by atoms with Gasteiger partial charge in [-0.05, 0) is 49.1 Å². The molecule has 2 aromatic rings. The van der Waals surface area contributed by atoms with Gasteiger partial charge in [0.15, 0.2) is 5.78 Å². The van der Waals surface area contributed by atoms with Crippen LogP contribution in [0.2, 0.25) is 0 Å². The highest BCUT2D eigenvalue weighted by Gasteiger charge is 2.39. The first-order valence-electron chi connectivity index (χ1n) is 8.98. The van der Waals surface area contributed by atoms with Crippen LogP contribution in [-0.4, -0.2) is 20.0 Å². The zero-order chi connectivity index (χ0) is 19.1. The van der Waals surface area contributed by atoms with Gasteiger partial charge in [0.25, 0.3) is 0 Å². The Bertz CT molecular complexity index is 889. The standard InChI is InChI=1S/C22H24NO3P/c1-25-27(24,26-2)22(23-20-13-7-4-8-14-20)21-15-9-12-19(21)17-16-18-10-5-3-6-11-18/h3-8,10-11,13-14,22-23H,9,12,15H2,1-2H3. The predicted octanol–water partition coefficient (Wildman–Crippen LogP) is 5.44. The van der Waals surface area contributed by atoms with E-state index in [1.54, 1.807) is 0 Å². The fourth-order valence-corrected chi connectivity index (χ4v) is 4.76. The Morgan fingerprint density at radius 3 is 2.19 bits per heavy atom. The number of hydrogen-bond acceptors (Lipinski definition) is 4. The van der Waals surface area contributed by atoms with Gasteiger partial charge < -0.3 is 14.4 Å². The molecule has 0 amide bonds. The first-order chi connectivity index (χ1) is 13.2. The minimum absolute atomic E-state index is 0.558. The molecule has 0 fully saturated rings. The molecule has 1 unspecified atom stereocenters. The number of nitrogens with one attached hydrogen (secondary N) is 1. The summed E-state index contributed by atoms with van der Waals surface area (Å²) in [5.74, 6) is 5.95. The van der Waals surface area contributed by atoms with Gasteiger partial charge >= 0.3 is 7.60 Å². The third-order valence-corrected chi connectivity index (χ3v) is 6.72. The summed E-state index contributed by atoms with van der Waals surface area (Å²) in [5, 5.41) is 3.35. The van der Waals surface area contributed by atoms with Crippen LogP contribution in [0.1, 0.15) is 24.8 Å². The van der Waals surface area contributed by atoms with E-state index < -0.39 is 13.4 Å². The molecule has 1 atom stereocenters. The second-order valence-electron chi connectivity index (χ2n) is 6.29. The van der Waals surface area contributed by atoms with Crippen molar-refractivity contribution in [3.8, 4) is 11.8 Å². The largest absolute Gasteiger partial charge is 0.368 e. The number of rotatable bonds is 6. The average molecular weight is 381 g/mol. The quantitative estimate of drug-likeness (QED) is 0.534. The molecule has 0 aromatic heterocycles. The molecule has 0 heterocycles. The average Bonchev–Trinajstić information content (AvgIpc) is 3.19. The van der Waals surface area contributed by atoms with Gasteiger partial charge in [-0.2, -0.15) is 0 Å². The molecule has 0 saturated carbocycles. The van der Waals surface area contributed by atoms with E-state index in [4.69, 9.17) is 9.05 Å². The molecule has 1 aliphatic carbocycles. The van der Waals surface area contributed by atoms with Crippen LogP contribution < -0.4 is 5.32 Å². The van der Waals surface area contributed by atoms with E-state index in [1.165, 1.54) is 14.2 Å². The van der Waals surface area contributed by atoms with Gasteiger partial charge in [-0.1, -0.05) is 48.2 Å². The van der Waals surface area contributed by atoms with Crippen molar-refractivity contribution in [2.24, 2.45) is 0 Å². The molecule has 4 nitrogen and oxygen atoms in total. The third-order valence-electron chi connectivity index (χ3n) is 4.62. The number of hydrogen-bond donors (Lipinski definition) is 1. The maximum Gasteiger partial charge on any atom is 0.356 e. The minimum atomic E-state index is -3.38. The van der Waals surface area contributed by atoms with E-state index >= 15 is 0 Å². The van der Waals surface area contributed by atoms with Crippen molar-refractivity contribution in [3.05, 3.63) is 77.4 Å². The lowest BCUT2D eigenvalue weighted by Gasteiger charge is -2.27. The van der Waals surface area contributed by atoms with E-state index in [-0.39, 0.29) is 0 Å². The Hall–Kier alpha value is -2.31. The maximum absolute atomic E-state index is 13.3. The van der Waals surface area contributed by atoms with Crippen molar-refractivity contribution in [2.45, 2.75) is 25.0 Å². The summed E-state index contributed by atoms with van der Waals surface area (Å²) in [4.78, 5) is 0. The molecule has 0 spiro atoms. The highest BCUT2D eigenvalue weighted by molar-refractivity contribution is 7.55. The molecule has 1 aliphatic rings. The third kappa shape index (κ3) is 4.70. The van der Waals surface area contributed by atoms with Crippen LogP contribution in [0.15, 0.2) is 71.8 Å². The van der Waals surface area contributed by atoms with Crippen molar-refractivity contribution in [2.75, 3.05) is 19.5 Å². The summed E-state index contributed by atoms with van der Waals surface area (Å²) in [6.45, 7) is 0. The topological polar surface area (TPSA) is 47.6 Å². The first-order valence-corrected chi connectivity index (χ1v) is 10.6. The fourth-order valence-electron chi connectivity index (χ4n) is 3.22. The molecule has 2 aromatic carbocycles. The first kappa shape index (κ1) is 19.5. The summed E-state index contributed by atoms with van der Waals surface area (Å²) in [6.07, 6.45) is 2.67. The van der Waals surface area contributed by atoms with Crippen molar-refractivity contribution >= 4 is 13.3 Å². The zero-order valence-electron chi connectivity index (χ0n) is 15.6. The van der Waals surface area contributed by atoms with Crippen LogP contribution in [0, 0.1) is 11.8 Å². The summed E-state index contributed by atoms with van der Waals surface area (Å²) in [7, 11) is -0.525. The second kappa shape index (κ2) is 9.06. The molecule has 27 heavy (non-hydrogen) atoms. The van der Waals surface area contributed by atoms with Crippen molar-refractivity contribution < 1.29 is 13.6 Å². The molecule has 0 aliphatic heterocycles. The van der Waals surface area contributed by atoms with Crippen LogP contribution >= 0.6 is 7.60 Å². The SMILES string of the molecule is COP(=O)(OC)C(Nc1ccccc1)C1=C(C#Cc2ccccc2)CCC1. The van der Waals surface area contributed by atoms with Crippen molar-refractivity contribution in [1.29, 1.82) is 0 Å². The molecule has 5 heteroatoms. The zero-order valence-corrected chi connectivity index (χ0v) is 16.5.